The van der Waals surface area contributed by atoms with E-state index in [1.54, 1.807) is 6.08 Å². The minimum Gasteiger partial charge on any atom is -0.462 e. The number of hydrogen-bond acceptors (Lipinski definition) is 12. The fourth-order valence-electron chi connectivity index (χ4n) is 5.64. The molecule has 0 aliphatic carbocycles. The zero-order chi connectivity index (χ0) is 46.9. The molecule has 0 heterocycles. The zero-order valence-electron chi connectivity index (χ0n) is 37.9. The van der Waals surface area contributed by atoms with Gasteiger partial charge in [-0.1, -0.05) is 132 Å². The van der Waals surface area contributed by atoms with Gasteiger partial charge in [-0.25, -0.2) is 9.13 Å². The van der Waals surface area contributed by atoms with E-state index >= 15 is 0 Å². The van der Waals surface area contributed by atoms with E-state index in [0.717, 1.165) is 32.1 Å². The first-order valence-corrected chi connectivity index (χ1v) is 25.8. The number of carbonyl (C=O) groups excluding carboxylic acids is 2. The SMILES string of the molecule is CCCCC/C=C\C/C=C\C/C=C\CC(O)C(O)CCCC(=O)OC[C@H](COP(=O)(O)OC[C@@H](O)COP(=O)(O)O)OC(=O)CCC/C=C\C/C=C\C/C=C\CCCCCCCC. The Labute approximate surface area is 377 Å². The summed E-state index contributed by atoms with van der Waals surface area (Å²) >= 11 is 0. The van der Waals surface area contributed by atoms with Crippen molar-refractivity contribution in [3.05, 3.63) is 72.9 Å². The van der Waals surface area contributed by atoms with Gasteiger partial charge in [0.2, 0.25) is 0 Å². The summed E-state index contributed by atoms with van der Waals surface area (Å²) in [5, 5.41) is 30.4. The number of hydrogen-bond donors (Lipinski definition) is 6. The molecule has 15 nitrogen and oxygen atoms in total. The van der Waals surface area contributed by atoms with Crippen LogP contribution in [0.15, 0.2) is 72.9 Å². The van der Waals surface area contributed by atoms with Crippen LogP contribution in [0.25, 0.3) is 0 Å². The molecule has 0 fully saturated rings. The Hall–Kier alpha value is -2.52. The van der Waals surface area contributed by atoms with E-state index in [-0.39, 0.29) is 32.1 Å². The smallest absolute Gasteiger partial charge is 0.462 e. The highest BCUT2D eigenvalue weighted by atomic mass is 31.2. The van der Waals surface area contributed by atoms with Crippen LogP contribution in [0, 0.1) is 0 Å². The van der Waals surface area contributed by atoms with Crippen molar-refractivity contribution in [3.8, 4) is 0 Å². The molecule has 5 atom stereocenters. The fourth-order valence-corrected chi connectivity index (χ4v) is 6.80. The predicted molar refractivity (Wildman–Crippen MR) is 246 cm³/mol. The van der Waals surface area contributed by atoms with Crippen molar-refractivity contribution in [2.45, 2.75) is 180 Å². The normalized spacial score (nSPS) is 15.6. The third-order valence-electron chi connectivity index (χ3n) is 9.26. The first-order chi connectivity index (χ1) is 30.2. The molecule has 364 valence electrons. The molecule has 0 aromatic carbocycles. The topological polar surface area (TPSA) is 236 Å². The van der Waals surface area contributed by atoms with Crippen molar-refractivity contribution in [1.29, 1.82) is 0 Å². The number of aliphatic hydroxyl groups is 3. The Kier molecular flexibility index (Phi) is 39.3. The molecule has 3 unspecified atom stereocenters. The predicted octanol–water partition coefficient (Wildman–Crippen LogP) is 9.73. The molecule has 0 aromatic rings. The molecule has 0 amide bonds. The van der Waals surface area contributed by atoms with Crippen LogP contribution >= 0.6 is 15.6 Å². The Morgan fingerprint density at radius 1 is 0.508 bits per heavy atom. The molecule has 0 saturated carbocycles. The summed E-state index contributed by atoms with van der Waals surface area (Å²) in [5.74, 6) is -1.38. The number of phosphoric acid groups is 2. The molecule has 0 aromatic heterocycles. The molecule has 0 rings (SSSR count). The Morgan fingerprint density at radius 2 is 0.968 bits per heavy atom. The number of allylic oxidation sites excluding steroid dienone is 11. The molecule has 0 aliphatic heterocycles. The molecule has 0 bridgehead atoms. The summed E-state index contributed by atoms with van der Waals surface area (Å²) in [6.07, 6.45) is 37.9. The monoisotopic (exact) mass is 934 g/mol. The van der Waals surface area contributed by atoms with Gasteiger partial charge < -0.3 is 39.5 Å². The van der Waals surface area contributed by atoms with Crippen LogP contribution in [-0.4, -0.2) is 92.8 Å². The minimum atomic E-state index is -4.90. The van der Waals surface area contributed by atoms with Crippen molar-refractivity contribution >= 4 is 27.6 Å². The number of carbonyl (C=O) groups is 2. The van der Waals surface area contributed by atoms with E-state index in [0.29, 0.717) is 19.3 Å². The van der Waals surface area contributed by atoms with Crippen LogP contribution in [0.1, 0.15) is 155 Å². The molecular weight excluding hydrogens is 854 g/mol. The lowest BCUT2D eigenvalue weighted by atomic mass is 10.0. The highest BCUT2D eigenvalue weighted by molar-refractivity contribution is 7.47. The lowest BCUT2D eigenvalue weighted by Gasteiger charge is -2.20. The van der Waals surface area contributed by atoms with Crippen LogP contribution < -0.4 is 0 Å². The summed E-state index contributed by atoms with van der Waals surface area (Å²) in [5.41, 5.74) is 0. The number of ether oxygens (including phenoxy) is 2. The second-order valence-corrected chi connectivity index (χ2v) is 18.0. The van der Waals surface area contributed by atoms with Gasteiger partial charge in [0.05, 0.1) is 32.0 Å². The second kappa shape index (κ2) is 40.9. The van der Waals surface area contributed by atoms with Gasteiger partial charge in [-0.3, -0.25) is 23.2 Å². The Morgan fingerprint density at radius 3 is 1.56 bits per heavy atom. The van der Waals surface area contributed by atoms with Gasteiger partial charge in [0, 0.05) is 12.8 Å². The molecule has 17 heteroatoms. The second-order valence-electron chi connectivity index (χ2n) is 15.3. The lowest BCUT2D eigenvalue weighted by Crippen LogP contribution is -2.30. The zero-order valence-corrected chi connectivity index (χ0v) is 39.7. The third kappa shape index (κ3) is 43.2. The van der Waals surface area contributed by atoms with Gasteiger partial charge in [-0.2, -0.15) is 0 Å². The maximum atomic E-state index is 12.7. The van der Waals surface area contributed by atoms with Crippen molar-refractivity contribution in [1.82, 2.24) is 0 Å². The average molecular weight is 935 g/mol. The maximum Gasteiger partial charge on any atom is 0.472 e. The highest BCUT2D eigenvalue weighted by Crippen LogP contribution is 2.43. The van der Waals surface area contributed by atoms with Gasteiger partial charge in [-0.15, -0.1) is 0 Å². The highest BCUT2D eigenvalue weighted by Gasteiger charge is 2.28. The van der Waals surface area contributed by atoms with Crippen LogP contribution in [0.3, 0.4) is 0 Å². The Bertz CT molecular complexity index is 1420. The molecule has 0 aliphatic rings. The van der Waals surface area contributed by atoms with Crippen molar-refractivity contribution < 1.29 is 71.8 Å². The number of phosphoric ester groups is 2. The van der Waals surface area contributed by atoms with E-state index in [4.69, 9.17) is 23.8 Å². The molecule has 6 N–H and O–H groups in total. The van der Waals surface area contributed by atoms with Crippen molar-refractivity contribution in [2.24, 2.45) is 0 Å². The summed E-state index contributed by atoms with van der Waals surface area (Å²) in [6, 6.07) is 0. The van der Waals surface area contributed by atoms with Crippen LogP contribution in [-0.2, 0) is 41.8 Å². The van der Waals surface area contributed by atoms with Gasteiger partial charge >= 0.3 is 27.6 Å². The quantitative estimate of drug-likeness (QED) is 0.0145. The first kappa shape index (κ1) is 60.5. The average Bonchev–Trinajstić information content (AvgIpc) is 3.24. The van der Waals surface area contributed by atoms with Gasteiger partial charge in [0.1, 0.15) is 12.7 Å². The summed E-state index contributed by atoms with van der Waals surface area (Å²) in [4.78, 5) is 52.8. The molecule has 0 spiro atoms. The van der Waals surface area contributed by atoms with E-state index in [2.05, 4.69) is 65.4 Å². The standard InChI is InChI=1S/C46H80O15P2/c1-3-5-7-9-11-13-15-17-18-19-20-21-23-25-27-29-31-35-46(51)61-42(40-60-63(55,56)59-38-41(47)37-58-62(52,53)54)39-57-45(50)36-32-34-44(49)43(48)33-30-28-26-24-22-16-14-12-10-8-6-4-2/h12,14,17-18,20-22,24-25,27-28,30,41-44,47-49H,3-11,13,15-16,19,23,26,29,31-40H2,1-2H3,(H,55,56)(H2,52,53,54)/b14-12-,18-17-,21-20-,24-22-,27-25-,30-28-/t41-,42+,43?,44?/m0/s1. The van der Waals surface area contributed by atoms with Crippen LogP contribution in [0.4, 0.5) is 0 Å². The number of aliphatic hydroxyl groups excluding tert-OH is 3. The third-order valence-corrected chi connectivity index (χ3v) is 10.7. The summed E-state index contributed by atoms with van der Waals surface area (Å²) in [6.45, 7) is 1.33. The van der Waals surface area contributed by atoms with Crippen molar-refractivity contribution in [3.63, 3.8) is 0 Å². The van der Waals surface area contributed by atoms with Gasteiger partial charge in [-0.05, 0) is 83.5 Å². The maximum absolute atomic E-state index is 12.7. The lowest BCUT2D eigenvalue weighted by molar-refractivity contribution is -0.161. The number of rotatable bonds is 42. The molecule has 0 radical (unpaired) electrons. The molecular formula is C46H80O15P2. The first-order valence-electron chi connectivity index (χ1n) is 22.8. The van der Waals surface area contributed by atoms with E-state index in [9.17, 15) is 38.9 Å². The van der Waals surface area contributed by atoms with Gasteiger partial charge in [0.25, 0.3) is 0 Å². The Balaban J connectivity index is 4.82. The van der Waals surface area contributed by atoms with E-state index in [1.165, 1.54) is 57.8 Å². The fraction of sp³-hybridized carbons (Fsp3) is 0.696. The van der Waals surface area contributed by atoms with Gasteiger partial charge in [0.15, 0.2) is 6.10 Å². The molecule has 63 heavy (non-hydrogen) atoms. The molecule has 0 saturated heterocycles. The van der Waals surface area contributed by atoms with Crippen LogP contribution in [0.2, 0.25) is 0 Å². The van der Waals surface area contributed by atoms with E-state index < -0.39 is 78.4 Å². The summed E-state index contributed by atoms with van der Waals surface area (Å²) < 4.78 is 47.5. The van der Waals surface area contributed by atoms with E-state index in [1.807, 2.05) is 24.3 Å². The van der Waals surface area contributed by atoms with Crippen LogP contribution in [0.5, 0.6) is 0 Å². The summed E-state index contributed by atoms with van der Waals surface area (Å²) in [7, 11) is -9.80. The number of esters is 2. The minimum absolute atomic E-state index is 0.00394. The number of unbranched alkanes of at least 4 members (excludes halogenated alkanes) is 10. The van der Waals surface area contributed by atoms with Crippen molar-refractivity contribution in [2.75, 3.05) is 26.4 Å². The largest absolute Gasteiger partial charge is 0.472 e.